The van der Waals surface area contributed by atoms with Gasteiger partial charge in [0, 0.05) is 25.3 Å². The SMILES string of the molecule is C=C/C=C\C/C=C\C(=C)C(=NCC=O)c1ccccc1N(C)C. The molecule has 0 saturated carbocycles. The Hall–Kier alpha value is -2.68. The summed E-state index contributed by atoms with van der Waals surface area (Å²) in [7, 11) is 3.96. The van der Waals surface area contributed by atoms with Crippen LogP contribution >= 0.6 is 0 Å². The van der Waals surface area contributed by atoms with Crippen LogP contribution < -0.4 is 4.90 Å². The van der Waals surface area contributed by atoms with Crippen LogP contribution in [0.4, 0.5) is 5.69 Å². The topological polar surface area (TPSA) is 32.7 Å². The van der Waals surface area contributed by atoms with E-state index in [1.807, 2.05) is 67.6 Å². The van der Waals surface area contributed by atoms with Crippen LogP contribution in [0.25, 0.3) is 0 Å². The average molecular weight is 308 g/mol. The van der Waals surface area contributed by atoms with Crippen LogP contribution in [-0.2, 0) is 4.79 Å². The van der Waals surface area contributed by atoms with Crippen LogP contribution in [0.3, 0.4) is 0 Å². The van der Waals surface area contributed by atoms with Gasteiger partial charge < -0.3 is 9.69 Å². The average Bonchev–Trinajstić information content (AvgIpc) is 2.55. The highest BCUT2D eigenvalue weighted by molar-refractivity contribution is 6.17. The molecule has 1 aromatic rings. The zero-order chi connectivity index (χ0) is 17.1. The second-order valence-electron chi connectivity index (χ2n) is 5.09. The highest BCUT2D eigenvalue weighted by Crippen LogP contribution is 2.22. The summed E-state index contributed by atoms with van der Waals surface area (Å²) >= 11 is 0. The fourth-order valence-corrected chi connectivity index (χ4v) is 2.09. The third-order valence-electron chi connectivity index (χ3n) is 3.13. The molecular formula is C20H24N2O. The van der Waals surface area contributed by atoms with Gasteiger partial charge in [-0.3, -0.25) is 4.99 Å². The van der Waals surface area contributed by atoms with E-state index in [-0.39, 0.29) is 6.54 Å². The number of aldehydes is 1. The van der Waals surface area contributed by atoms with E-state index in [0.29, 0.717) is 0 Å². The molecule has 3 heteroatoms. The monoisotopic (exact) mass is 308 g/mol. The quantitative estimate of drug-likeness (QED) is 0.392. The van der Waals surface area contributed by atoms with Crippen molar-refractivity contribution in [1.29, 1.82) is 0 Å². The van der Waals surface area contributed by atoms with Crippen molar-refractivity contribution in [3.63, 3.8) is 0 Å². The number of benzene rings is 1. The summed E-state index contributed by atoms with van der Waals surface area (Å²) in [4.78, 5) is 17.2. The molecule has 0 aliphatic rings. The summed E-state index contributed by atoms with van der Waals surface area (Å²) in [5.41, 5.74) is 3.53. The third-order valence-corrected chi connectivity index (χ3v) is 3.13. The molecule has 1 rings (SSSR count). The number of aliphatic imine (C=N–C) groups is 1. The Bertz CT molecular complexity index is 637. The van der Waals surface area contributed by atoms with Crippen LogP contribution in [0.15, 0.2) is 78.4 Å². The van der Waals surface area contributed by atoms with Crippen molar-refractivity contribution in [2.75, 3.05) is 25.5 Å². The third kappa shape index (κ3) is 5.91. The van der Waals surface area contributed by atoms with Gasteiger partial charge in [0.1, 0.15) is 6.29 Å². The van der Waals surface area contributed by atoms with Crippen molar-refractivity contribution >= 4 is 17.7 Å². The maximum Gasteiger partial charge on any atom is 0.141 e. The van der Waals surface area contributed by atoms with Crippen LogP contribution in [0, 0.1) is 0 Å². The molecule has 0 heterocycles. The first-order valence-corrected chi connectivity index (χ1v) is 7.50. The predicted molar refractivity (Wildman–Crippen MR) is 100 cm³/mol. The van der Waals surface area contributed by atoms with Crippen molar-refractivity contribution in [3.8, 4) is 0 Å². The smallest absolute Gasteiger partial charge is 0.141 e. The Morgan fingerprint density at radius 1 is 1.26 bits per heavy atom. The Kier molecular flexibility index (Phi) is 8.08. The van der Waals surface area contributed by atoms with Crippen molar-refractivity contribution in [1.82, 2.24) is 0 Å². The molecule has 0 unspecified atom stereocenters. The van der Waals surface area contributed by atoms with Crippen LogP contribution in [0.2, 0.25) is 0 Å². The van der Waals surface area contributed by atoms with Gasteiger partial charge in [-0.05, 0) is 18.1 Å². The van der Waals surface area contributed by atoms with Gasteiger partial charge in [0.15, 0.2) is 0 Å². The molecule has 0 spiro atoms. The molecule has 0 saturated heterocycles. The number of allylic oxidation sites excluding steroid dienone is 6. The highest BCUT2D eigenvalue weighted by Gasteiger charge is 2.11. The number of para-hydroxylation sites is 1. The summed E-state index contributed by atoms with van der Waals surface area (Å²) < 4.78 is 0. The number of rotatable bonds is 9. The lowest BCUT2D eigenvalue weighted by molar-refractivity contribution is -0.106. The van der Waals surface area contributed by atoms with Gasteiger partial charge in [-0.25, -0.2) is 0 Å². The summed E-state index contributed by atoms with van der Waals surface area (Å²) in [6.07, 6.45) is 11.2. The van der Waals surface area contributed by atoms with E-state index in [2.05, 4.69) is 18.2 Å². The summed E-state index contributed by atoms with van der Waals surface area (Å²) in [6.45, 7) is 7.87. The lowest BCUT2D eigenvalue weighted by Gasteiger charge is -2.18. The lowest BCUT2D eigenvalue weighted by Crippen LogP contribution is -2.15. The van der Waals surface area contributed by atoms with E-state index in [4.69, 9.17) is 0 Å². The molecule has 0 aliphatic carbocycles. The molecule has 3 nitrogen and oxygen atoms in total. The molecule has 1 aromatic carbocycles. The number of carbonyl (C=O) groups excluding carboxylic acids is 1. The molecule has 120 valence electrons. The minimum Gasteiger partial charge on any atom is -0.377 e. The van der Waals surface area contributed by atoms with Gasteiger partial charge in [-0.1, -0.05) is 61.7 Å². The normalized spacial score (nSPS) is 11.8. The van der Waals surface area contributed by atoms with E-state index in [0.717, 1.165) is 35.2 Å². The molecule has 0 radical (unpaired) electrons. The van der Waals surface area contributed by atoms with E-state index in [9.17, 15) is 4.79 Å². The maximum absolute atomic E-state index is 10.7. The molecule has 0 aliphatic heterocycles. The number of nitrogens with zero attached hydrogens (tertiary/aromatic N) is 2. The van der Waals surface area contributed by atoms with Crippen LogP contribution in [0.5, 0.6) is 0 Å². The molecular weight excluding hydrogens is 284 g/mol. The van der Waals surface area contributed by atoms with Gasteiger partial charge in [-0.2, -0.15) is 0 Å². The predicted octanol–water partition coefficient (Wildman–Crippen LogP) is 3.99. The van der Waals surface area contributed by atoms with Crippen LogP contribution in [-0.4, -0.2) is 32.6 Å². The summed E-state index contributed by atoms with van der Waals surface area (Å²) in [6, 6.07) is 7.96. The molecule has 0 N–H and O–H groups in total. The minimum absolute atomic E-state index is 0.125. The zero-order valence-corrected chi connectivity index (χ0v) is 13.9. The standard InChI is InChI=1S/C20H24N2O/c1-5-6-7-8-9-12-17(2)20(21-15-16-23)18-13-10-11-14-19(18)22(3)4/h5-7,9-14,16H,1-2,8,15H2,3-4H3/b7-6-,12-9-,21-20?. The Morgan fingerprint density at radius 3 is 2.65 bits per heavy atom. The number of anilines is 1. The highest BCUT2D eigenvalue weighted by atomic mass is 16.1. The second-order valence-corrected chi connectivity index (χ2v) is 5.09. The first-order valence-electron chi connectivity index (χ1n) is 7.50. The minimum atomic E-state index is 0.125. The van der Waals surface area contributed by atoms with E-state index >= 15 is 0 Å². The molecule has 23 heavy (non-hydrogen) atoms. The van der Waals surface area contributed by atoms with Gasteiger partial charge in [-0.15, -0.1) is 0 Å². The Labute approximate surface area is 139 Å². The number of carbonyl (C=O) groups is 1. The zero-order valence-electron chi connectivity index (χ0n) is 13.9. The number of hydrogen-bond acceptors (Lipinski definition) is 3. The molecule has 0 atom stereocenters. The van der Waals surface area contributed by atoms with Gasteiger partial charge in [0.25, 0.3) is 0 Å². The van der Waals surface area contributed by atoms with Gasteiger partial charge in [0.2, 0.25) is 0 Å². The summed E-state index contributed by atoms with van der Waals surface area (Å²) in [5.74, 6) is 0. The Morgan fingerprint density at radius 2 is 2.00 bits per heavy atom. The fraction of sp³-hybridized carbons (Fsp3) is 0.200. The maximum atomic E-state index is 10.7. The molecule has 0 aromatic heterocycles. The van der Waals surface area contributed by atoms with Gasteiger partial charge in [0.05, 0.1) is 12.3 Å². The Balaban J connectivity index is 3.11. The van der Waals surface area contributed by atoms with Crippen molar-refractivity contribution < 1.29 is 4.79 Å². The van der Waals surface area contributed by atoms with E-state index < -0.39 is 0 Å². The number of hydrogen-bond donors (Lipinski definition) is 0. The molecule has 0 bridgehead atoms. The first kappa shape index (κ1) is 18.4. The molecule has 0 amide bonds. The molecule has 0 fully saturated rings. The largest absolute Gasteiger partial charge is 0.377 e. The summed E-state index contributed by atoms with van der Waals surface area (Å²) in [5, 5.41) is 0. The second kappa shape index (κ2) is 10.1. The fourth-order valence-electron chi connectivity index (χ4n) is 2.09. The lowest BCUT2D eigenvalue weighted by atomic mass is 10.0. The first-order chi connectivity index (χ1) is 11.1. The van der Waals surface area contributed by atoms with E-state index in [1.165, 1.54) is 0 Å². The van der Waals surface area contributed by atoms with Crippen molar-refractivity contribution in [2.45, 2.75) is 6.42 Å². The van der Waals surface area contributed by atoms with Crippen molar-refractivity contribution in [3.05, 3.63) is 78.9 Å². The van der Waals surface area contributed by atoms with Gasteiger partial charge >= 0.3 is 0 Å². The van der Waals surface area contributed by atoms with E-state index in [1.54, 1.807) is 6.08 Å². The van der Waals surface area contributed by atoms with Crippen molar-refractivity contribution in [2.24, 2.45) is 4.99 Å². The van der Waals surface area contributed by atoms with Crippen LogP contribution in [0.1, 0.15) is 12.0 Å².